The third-order valence-electron chi connectivity index (χ3n) is 2.89. The molecule has 0 aromatic heterocycles. The number of hydrogen-bond donors (Lipinski definition) is 0. The van der Waals surface area contributed by atoms with Crippen molar-refractivity contribution in [1.29, 1.82) is 0 Å². The van der Waals surface area contributed by atoms with Gasteiger partial charge in [-0.1, -0.05) is 51.8 Å². The van der Waals surface area contributed by atoms with Crippen molar-refractivity contribution in [3.8, 4) is 11.5 Å². The Labute approximate surface area is 126 Å². The van der Waals surface area contributed by atoms with Crippen LogP contribution in [0.25, 0.3) is 0 Å². The van der Waals surface area contributed by atoms with E-state index in [1.165, 1.54) is 0 Å². The van der Waals surface area contributed by atoms with Crippen LogP contribution in [0.3, 0.4) is 0 Å². The lowest BCUT2D eigenvalue weighted by atomic mass is 10.0. The molecule has 1 atom stereocenters. The molecule has 19 heavy (non-hydrogen) atoms. The Morgan fingerprint density at radius 2 is 1.74 bits per heavy atom. The van der Waals surface area contributed by atoms with Gasteiger partial charge in [-0.2, -0.15) is 0 Å². The highest BCUT2D eigenvalue weighted by Crippen LogP contribution is 2.40. The second-order valence-electron chi connectivity index (χ2n) is 3.99. The van der Waals surface area contributed by atoms with Crippen LogP contribution in [-0.2, 0) is 0 Å². The molecule has 2 aromatic rings. The molecule has 0 spiro atoms. The number of alkyl halides is 1. The zero-order chi connectivity index (χ0) is 13.8. The molecule has 0 aliphatic carbocycles. The first-order valence-corrected chi connectivity index (χ1v) is 7.07. The number of hydrogen-bond acceptors (Lipinski definition) is 2. The van der Waals surface area contributed by atoms with Crippen molar-refractivity contribution in [2.45, 2.75) is 4.83 Å². The summed E-state index contributed by atoms with van der Waals surface area (Å²) >= 11 is 9.91. The van der Waals surface area contributed by atoms with Gasteiger partial charge < -0.3 is 9.47 Å². The van der Waals surface area contributed by atoms with Crippen LogP contribution in [-0.4, -0.2) is 14.2 Å². The highest BCUT2D eigenvalue weighted by Gasteiger charge is 2.18. The van der Waals surface area contributed by atoms with E-state index < -0.39 is 0 Å². The average Bonchev–Trinajstić information content (AvgIpc) is 2.46. The van der Waals surface area contributed by atoms with Gasteiger partial charge in [0.25, 0.3) is 0 Å². The zero-order valence-corrected chi connectivity index (χ0v) is 13.0. The van der Waals surface area contributed by atoms with Crippen LogP contribution in [0.2, 0.25) is 5.02 Å². The molecular weight excluding hydrogens is 328 g/mol. The maximum Gasteiger partial charge on any atom is 0.127 e. The van der Waals surface area contributed by atoms with E-state index in [9.17, 15) is 0 Å². The lowest BCUT2D eigenvalue weighted by Crippen LogP contribution is -1.98. The van der Waals surface area contributed by atoms with Crippen molar-refractivity contribution in [1.82, 2.24) is 0 Å². The molecular formula is C15H14BrClO2. The predicted molar refractivity (Wildman–Crippen MR) is 81.8 cm³/mol. The third-order valence-corrected chi connectivity index (χ3v) is 4.22. The summed E-state index contributed by atoms with van der Waals surface area (Å²) in [5.74, 6) is 1.53. The Balaban J connectivity index is 2.44. The number of ether oxygens (including phenoxy) is 2. The summed E-state index contributed by atoms with van der Waals surface area (Å²) in [7, 11) is 3.28. The van der Waals surface area contributed by atoms with Crippen LogP contribution in [0.15, 0.2) is 42.5 Å². The molecule has 0 amide bonds. The molecule has 4 heteroatoms. The topological polar surface area (TPSA) is 18.5 Å². The van der Waals surface area contributed by atoms with Gasteiger partial charge in [-0.3, -0.25) is 0 Å². The van der Waals surface area contributed by atoms with E-state index in [4.69, 9.17) is 21.1 Å². The third kappa shape index (κ3) is 3.04. The maximum atomic E-state index is 6.23. The molecule has 2 aromatic carbocycles. The minimum Gasteiger partial charge on any atom is -0.497 e. The fourth-order valence-corrected chi connectivity index (χ4v) is 3.03. The largest absolute Gasteiger partial charge is 0.497 e. The van der Waals surface area contributed by atoms with Gasteiger partial charge in [0.1, 0.15) is 11.5 Å². The standard InChI is InChI=1S/C15H14BrClO2/c1-18-10-7-8-12(14(9-10)19-2)15(16)11-5-3-4-6-13(11)17/h3-9,15H,1-2H3. The number of rotatable bonds is 4. The first-order valence-electron chi connectivity index (χ1n) is 5.77. The fourth-order valence-electron chi connectivity index (χ4n) is 1.88. The minimum absolute atomic E-state index is 0.0259. The smallest absolute Gasteiger partial charge is 0.127 e. The lowest BCUT2D eigenvalue weighted by molar-refractivity contribution is 0.391. The minimum atomic E-state index is -0.0259. The van der Waals surface area contributed by atoms with E-state index in [1.54, 1.807) is 14.2 Å². The normalized spacial score (nSPS) is 12.0. The molecule has 0 aliphatic rings. The molecule has 0 fully saturated rings. The Hall–Kier alpha value is -1.19. The Bertz CT molecular complexity index is 572. The number of benzene rings is 2. The van der Waals surface area contributed by atoms with Crippen LogP contribution in [0.1, 0.15) is 16.0 Å². The molecule has 0 radical (unpaired) electrons. The van der Waals surface area contributed by atoms with Crippen molar-refractivity contribution < 1.29 is 9.47 Å². The molecule has 0 bridgehead atoms. The van der Waals surface area contributed by atoms with Crippen molar-refractivity contribution in [2.75, 3.05) is 14.2 Å². The number of methoxy groups -OCH3 is 2. The summed E-state index contributed by atoms with van der Waals surface area (Å²) in [5.41, 5.74) is 2.02. The van der Waals surface area contributed by atoms with Crippen LogP contribution in [0.4, 0.5) is 0 Å². The predicted octanol–water partition coefficient (Wildman–Crippen LogP) is 4.84. The Kier molecular flexibility index (Phi) is 4.72. The quantitative estimate of drug-likeness (QED) is 0.741. The van der Waals surface area contributed by atoms with Crippen molar-refractivity contribution >= 4 is 27.5 Å². The van der Waals surface area contributed by atoms with E-state index in [0.717, 1.165) is 27.6 Å². The molecule has 0 N–H and O–H groups in total. The fraction of sp³-hybridized carbons (Fsp3) is 0.200. The molecule has 0 saturated carbocycles. The molecule has 1 unspecified atom stereocenters. The van der Waals surface area contributed by atoms with Gasteiger partial charge in [-0.05, 0) is 17.7 Å². The summed E-state index contributed by atoms with van der Waals surface area (Å²) in [6.07, 6.45) is 0. The lowest BCUT2D eigenvalue weighted by Gasteiger charge is -2.16. The first-order chi connectivity index (χ1) is 9.17. The Morgan fingerprint density at radius 1 is 1.00 bits per heavy atom. The van der Waals surface area contributed by atoms with Crippen LogP contribution >= 0.6 is 27.5 Å². The summed E-state index contributed by atoms with van der Waals surface area (Å²) < 4.78 is 10.6. The van der Waals surface area contributed by atoms with Gasteiger partial charge in [0.05, 0.1) is 19.0 Å². The van der Waals surface area contributed by atoms with Crippen LogP contribution in [0.5, 0.6) is 11.5 Å². The van der Waals surface area contributed by atoms with Gasteiger partial charge in [-0.15, -0.1) is 0 Å². The molecule has 2 nitrogen and oxygen atoms in total. The second-order valence-corrected chi connectivity index (χ2v) is 5.31. The van der Waals surface area contributed by atoms with Crippen molar-refractivity contribution in [3.05, 3.63) is 58.6 Å². The number of halogens is 2. The zero-order valence-electron chi connectivity index (χ0n) is 10.7. The summed E-state index contributed by atoms with van der Waals surface area (Å²) in [5, 5.41) is 0.724. The van der Waals surface area contributed by atoms with Crippen LogP contribution < -0.4 is 9.47 Å². The first kappa shape index (κ1) is 14.2. The van der Waals surface area contributed by atoms with Gasteiger partial charge in [-0.25, -0.2) is 0 Å². The van der Waals surface area contributed by atoms with Crippen molar-refractivity contribution in [3.63, 3.8) is 0 Å². The SMILES string of the molecule is COc1ccc(C(Br)c2ccccc2Cl)c(OC)c1. The van der Waals surface area contributed by atoms with Gasteiger partial charge in [0, 0.05) is 16.7 Å². The summed E-state index contributed by atoms with van der Waals surface area (Å²) in [6.45, 7) is 0. The van der Waals surface area contributed by atoms with Gasteiger partial charge in [0.2, 0.25) is 0 Å². The van der Waals surface area contributed by atoms with E-state index >= 15 is 0 Å². The average molecular weight is 342 g/mol. The summed E-state index contributed by atoms with van der Waals surface area (Å²) in [6, 6.07) is 13.5. The highest BCUT2D eigenvalue weighted by atomic mass is 79.9. The molecule has 100 valence electrons. The van der Waals surface area contributed by atoms with E-state index in [-0.39, 0.29) is 4.83 Å². The van der Waals surface area contributed by atoms with E-state index in [0.29, 0.717) is 0 Å². The molecule has 2 rings (SSSR count). The van der Waals surface area contributed by atoms with Crippen molar-refractivity contribution in [2.24, 2.45) is 0 Å². The second kappa shape index (κ2) is 6.31. The van der Waals surface area contributed by atoms with Crippen LogP contribution in [0, 0.1) is 0 Å². The van der Waals surface area contributed by atoms with E-state index in [2.05, 4.69) is 15.9 Å². The summed E-state index contributed by atoms with van der Waals surface area (Å²) in [4.78, 5) is -0.0259. The van der Waals surface area contributed by atoms with E-state index in [1.807, 2.05) is 42.5 Å². The molecule has 0 saturated heterocycles. The van der Waals surface area contributed by atoms with Gasteiger partial charge >= 0.3 is 0 Å². The highest BCUT2D eigenvalue weighted by molar-refractivity contribution is 9.09. The monoisotopic (exact) mass is 340 g/mol. The molecule has 0 heterocycles. The maximum absolute atomic E-state index is 6.23. The Morgan fingerprint density at radius 3 is 2.37 bits per heavy atom. The van der Waals surface area contributed by atoms with Gasteiger partial charge in [0.15, 0.2) is 0 Å². The molecule has 0 aliphatic heterocycles.